The lowest BCUT2D eigenvalue weighted by molar-refractivity contribution is -0.387. The maximum absolute atomic E-state index is 12.3. The van der Waals surface area contributed by atoms with Crippen LogP contribution in [-0.2, 0) is 9.84 Å². The number of carbonyl (C=O) groups excluding carboxylic acids is 1. The molecule has 1 unspecified atom stereocenters. The Kier molecular flexibility index (Phi) is 5.44. The molecule has 132 valence electrons. The molecule has 0 aromatic heterocycles. The van der Waals surface area contributed by atoms with Gasteiger partial charge in [-0.2, -0.15) is 0 Å². The van der Waals surface area contributed by atoms with Gasteiger partial charge >= 0.3 is 0 Å². The van der Waals surface area contributed by atoms with Crippen LogP contribution >= 0.6 is 11.6 Å². The van der Waals surface area contributed by atoms with Crippen LogP contribution in [0, 0.1) is 10.1 Å². The quantitative estimate of drug-likeness (QED) is 0.631. The summed E-state index contributed by atoms with van der Waals surface area (Å²) in [6, 6.07) is 9.78. The van der Waals surface area contributed by atoms with Crippen LogP contribution in [-0.4, -0.2) is 25.5 Å². The molecule has 0 aliphatic carbocycles. The monoisotopic (exact) mass is 382 g/mol. The average Bonchev–Trinajstić information content (AvgIpc) is 2.53. The molecule has 0 bridgehead atoms. The molecule has 0 heterocycles. The van der Waals surface area contributed by atoms with Crippen molar-refractivity contribution >= 4 is 33.0 Å². The molecule has 2 aromatic rings. The van der Waals surface area contributed by atoms with Crippen LogP contribution in [0.1, 0.15) is 28.9 Å². The number of benzene rings is 2. The minimum atomic E-state index is -3.78. The zero-order chi connectivity index (χ0) is 18.8. The van der Waals surface area contributed by atoms with Crippen LogP contribution in [0.3, 0.4) is 0 Å². The average molecular weight is 383 g/mol. The first kappa shape index (κ1) is 18.9. The normalized spacial score (nSPS) is 12.4. The summed E-state index contributed by atoms with van der Waals surface area (Å²) in [5.74, 6) is -0.574. The number of halogens is 1. The molecule has 0 radical (unpaired) electrons. The highest BCUT2D eigenvalue weighted by Gasteiger charge is 2.24. The molecule has 1 N–H and O–H groups in total. The number of sulfone groups is 1. The third-order valence-corrected chi connectivity index (χ3v) is 5.02. The fourth-order valence-electron chi connectivity index (χ4n) is 2.30. The van der Waals surface area contributed by atoms with Crippen molar-refractivity contribution < 1.29 is 18.1 Å². The number of rotatable bonds is 5. The van der Waals surface area contributed by atoms with E-state index in [4.69, 9.17) is 11.6 Å². The molecule has 1 amide bonds. The summed E-state index contributed by atoms with van der Waals surface area (Å²) < 4.78 is 23.2. The fourth-order valence-corrected chi connectivity index (χ4v) is 3.43. The van der Waals surface area contributed by atoms with Gasteiger partial charge in [-0.25, -0.2) is 8.42 Å². The van der Waals surface area contributed by atoms with Crippen LogP contribution < -0.4 is 5.32 Å². The smallest absolute Gasteiger partial charge is 0.288 e. The summed E-state index contributed by atoms with van der Waals surface area (Å²) in [4.78, 5) is 22.2. The standard InChI is InChI=1S/C16H15ClN2O5S/c1-10(12-5-3-4-6-13(12)17)18-16(20)11-7-8-15(25(2,23)24)14(9-11)19(21)22/h3-10H,1-2H3,(H,18,20). The first-order valence-electron chi connectivity index (χ1n) is 7.15. The van der Waals surface area contributed by atoms with Gasteiger partial charge in [0.25, 0.3) is 11.6 Å². The second kappa shape index (κ2) is 7.20. The van der Waals surface area contributed by atoms with E-state index < -0.39 is 37.3 Å². The van der Waals surface area contributed by atoms with E-state index in [2.05, 4.69) is 5.32 Å². The molecular formula is C16H15ClN2O5S. The topological polar surface area (TPSA) is 106 Å². The number of hydrogen-bond acceptors (Lipinski definition) is 5. The number of carbonyl (C=O) groups is 1. The van der Waals surface area contributed by atoms with Crippen molar-refractivity contribution in [1.29, 1.82) is 0 Å². The van der Waals surface area contributed by atoms with E-state index in [9.17, 15) is 23.3 Å². The Morgan fingerprint density at radius 1 is 1.24 bits per heavy atom. The van der Waals surface area contributed by atoms with Crippen molar-refractivity contribution in [1.82, 2.24) is 5.32 Å². The summed E-state index contributed by atoms with van der Waals surface area (Å²) in [5, 5.41) is 14.3. The lowest BCUT2D eigenvalue weighted by Gasteiger charge is -2.16. The predicted molar refractivity (Wildman–Crippen MR) is 93.5 cm³/mol. The van der Waals surface area contributed by atoms with Gasteiger partial charge in [0.2, 0.25) is 0 Å². The van der Waals surface area contributed by atoms with E-state index >= 15 is 0 Å². The van der Waals surface area contributed by atoms with Gasteiger partial charge in [0.1, 0.15) is 4.90 Å². The van der Waals surface area contributed by atoms with E-state index in [1.807, 2.05) is 0 Å². The number of amides is 1. The maximum Gasteiger partial charge on any atom is 0.288 e. The van der Waals surface area contributed by atoms with Crippen molar-refractivity contribution in [2.75, 3.05) is 6.26 Å². The maximum atomic E-state index is 12.3. The molecule has 1 atom stereocenters. The summed E-state index contributed by atoms with van der Waals surface area (Å²) in [5.41, 5.74) is 0.0401. The molecule has 25 heavy (non-hydrogen) atoms. The molecule has 7 nitrogen and oxygen atoms in total. The molecule has 2 aromatic carbocycles. The van der Waals surface area contributed by atoms with Gasteiger partial charge in [-0.05, 0) is 30.7 Å². The van der Waals surface area contributed by atoms with Gasteiger partial charge in [-0.1, -0.05) is 29.8 Å². The zero-order valence-corrected chi connectivity index (χ0v) is 15.0. The fraction of sp³-hybridized carbons (Fsp3) is 0.188. The van der Waals surface area contributed by atoms with Crippen molar-refractivity contribution in [3.05, 3.63) is 68.7 Å². The van der Waals surface area contributed by atoms with Crippen LogP contribution in [0.15, 0.2) is 47.4 Å². The highest BCUT2D eigenvalue weighted by atomic mass is 35.5. The van der Waals surface area contributed by atoms with Crippen molar-refractivity contribution in [3.8, 4) is 0 Å². The minimum Gasteiger partial charge on any atom is -0.345 e. The highest BCUT2D eigenvalue weighted by molar-refractivity contribution is 7.90. The molecule has 0 aliphatic rings. The van der Waals surface area contributed by atoms with Crippen molar-refractivity contribution in [2.45, 2.75) is 17.9 Å². The Labute approximate surface area is 149 Å². The van der Waals surface area contributed by atoms with Gasteiger partial charge in [0.05, 0.1) is 11.0 Å². The van der Waals surface area contributed by atoms with Gasteiger partial charge in [0, 0.05) is 22.9 Å². The SMILES string of the molecule is CC(NC(=O)c1ccc(S(C)(=O)=O)c([N+](=O)[O-])c1)c1ccccc1Cl. The van der Waals surface area contributed by atoms with Gasteiger partial charge < -0.3 is 5.32 Å². The van der Waals surface area contributed by atoms with Gasteiger partial charge in [0.15, 0.2) is 9.84 Å². The third kappa shape index (κ3) is 4.34. The molecule has 2 rings (SSSR count). The summed E-state index contributed by atoms with van der Waals surface area (Å²) >= 11 is 6.08. The summed E-state index contributed by atoms with van der Waals surface area (Å²) in [6.07, 6.45) is 0.870. The van der Waals surface area contributed by atoms with E-state index in [1.54, 1.807) is 31.2 Å². The summed E-state index contributed by atoms with van der Waals surface area (Å²) in [6.45, 7) is 1.72. The Balaban J connectivity index is 2.33. The minimum absolute atomic E-state index is 0.0157. The van der Waals surface area contributed by atoms with Crippen LogP contribution in [0.2, 0.25) is 5.02 Å². The molecule has 0 spiro atoms. The second-order valence-corrected chi connectivity index (χ2v) is 7.82. The number of nitro benzene ring substituents is 1. The van der Waals surface area contributed by atoms with E-state index in [0.717, 1.165) is 18.4 Å². The van der Waals surface area contributed by atoms with E-state index in [-0.39, 0.29) is 5.56 Å². The lowest BCUT2D eigenvalue weighted by Crippen LogP contribution is -2.27. The molecular weight excluding hydrogens is 368 g/mol. The van der Waals surface area contributed by atoms with Gasteiger partial charge in [-0.15, -0.1) is 0 Å². The third-order valence-electron chi connectivity index (χ3n) is 3.54. The zero-order valence-electron chi connectivity index (χ0n) is 13.4. The Morgan fingerprint density at radius 2 is 1.88 bits per heavy atom. The molecule has 0 fully saturated rings. The highest BCUT2D eigenvalue weighted by Crippen LogP contribution is 2.26. The molecule has 9 heteroatoms. The lowest BCUT2D eigenvalue weighted by atomic mass is 10.1. The molecule has 0 saturated heterocycles. The van der Waals surface area contributed by atoms with Crippen LogP contribution in [0.4, 0.5) is 5.69 Å². The van der Waals surface area contributed by atoms with Crippen molar-refractivity contribution in [2.24, 2.45) is 0 Å². The number of nitrogens with zero attached hydrogens (tertiary/aromatic N) is 1. The Morgan fingerprint density at radius 3 is 2.44 bits per heavy atom. The van der Waals surface area contributed by atoms with Crippen molar-refractivity contribution in [3.63, 3.8) is 0 Å². The second-order valence-electron chi connectivity index (χ2n) is 5.43. The number of nitrogens with one attached hydrogen (secondary N) is 1. The Bertz CT molecular complexity index is 943. The largest absolute Gasteiger partial charge is 0.345 e. The first-order valence-corrected chi connectivity index (χ1v) is 9.42. The van der Waals surface area contributed by atoms with E-state index in [1.165, 1.54) is 6.07 Å². The first-order chi connectivity index (χ1) is 11.6. The predicted octanol–water partition coefficient (Wildman–Crippen LogP) is 3.14. The summed E-state index contributed by atoms with van der Waals surface area (Å²) in [7, 11) is -3.78. The number of hydrogen-bond donors (Lipinski definition) is 1. The number of nitro groups is 1. The van der Waals surface area contributed by atoms with Gasteiger partial charge in [-0.3, -0.25) is 14.9 Å². The van der Waals surface area contributed by atoms with Crippen LogP contribution in [0.25, 0.3) is 0 Å². The Hall–Kier alpha value is -2.45. The molecule has 0 aliphatic heterocycles. The van der Waals surface area contributed by atoms with E-state index in [0.29, 0.717) is 10.6 Å². The molecule has 0 saturated carbocycles. The van der Waals surface area contributed by atoms with Crippen LogP contribution in [0.5, 0.6) is 0 Å².